The second-order valence-corrected chi connectivity index (χ2v) is 5.42. The van der Waals surface area contributed by atoms with E-state index in [0.717, 1.165) is 18.2 Å². The average Bonchev–Trinajstić information content (AvgIpc) is 2.77. The minimum absolute atomic E-state index is 0.897. The molecule has 1 heterocycles. The molecule has 96 valence electrons. The number of nitrogens with zero attached hydrogens (tertiary/aromatic N) is 2. The summed E-state index contributed by atoms with van der Waals surface area (Å²) in [7, 11) is 2.12. The molecule has 2 rings (SSSR count). The lowest BCUT2D eigenvalue weighted by atomic mass is 10.2. The van der Waals surface area contributed by atoms with E-state index in [-0.39, 0.29) is 0 Å². The van der Waals surface area contributed by atoms with Gasteiger partial charge in [-0.25, -0.2) is 4.98 Å². The molecule has 18 heavy (non-hydrogen) atoms. The first-order chi connectivity index (χ1) is 8.70. The summed E-state index contributed by atoms with van der Waals surface area (Å²) in [4.78, 5) is 7.89. The van der Waals surface area contributed by atoms with Crippen LogP contribution < -0.4 is 10.2 Å². The van der Waals surface area contributed by atoms with E-state index in [2.05, 4.69) is 60.4 Å². The number of thiazole rings is 1. The highest BCUT2D eigenvalue weighted by Gasteiger charge is 2.07. The average molecular weight is 261 g/mol. The fraction of sp³-hybridized carbons (Fsp3) is 0.357. The van der Waals surface area contributed by atoms with Crippen molar-refractivity contribution in [2.75, 3.05) is 23.8 Å². The van der Waals surface area contributed by atoms with Gasteiger partial charge in [0.2, 0.25) is 0 Å². The highest BCUT2D eigenvalue weighted by Crippen LogP contribution is 2.23. The molecule has 1 aromatic carbocycles. The smallest absolute Gasteiger partial charge is 0.182 e. The van der Waals surface area contributed by atoms with Crippen molar-refractivity contribution in [2.24, 2.45) is 0 Å². The Kier molecular flexibility index (Phi) is 4.20. The lowest BCUT2D eigenvalue weighted by Crippen LogP contribution is -2.16. The third-order valence-electron chi connectivity index (χ3n) is 2.80. The van der Waals surface area contributed by atoms with Gasteiger partial charge in [-0.05, 0) is 25.5 Å². The molecule has 1 aromatic heterocycles. The Morgan fingerprint density at radius 2 is 2.11 bits per heavy atom. The first-order valence-electron chi connectivity index (χ1n) is 6.16. The Bertz CT molecular complexity index is 507. The van der Waals surface area contributed by atoms with Crippen molar-refractivity contribution in [1.82, 2.24) is 4.98 Å². The molecular weight excluding hydrogens is 242 g/mol. The zero-order valence-corrected chi connectivity index (χ0v) is 11.9. The van der Waals surface area contributed by atoms with Gasteiger partial charge in [-0.3, -0.25) is 0 Å². The third kappa shape index (κ3) is 3.01. The molecule has 1 N–H and O–H groups in total. The Hall–Kier alpha value is -1.55. The number of anilines is 2. The second-order valence-electron chi connectivity index (χ2n) is 4.30. The third-order valence-corrected chi connectivity index (χ3v) is 3.74. The molecule has 0 aliphatic heterocycles. The van der Waals surface area contributed by atoms with Crippen molar-refractivity contribution in [1.29, 1.82) is 0 Å². The number of rotatable bonds is 5. The molecular formula is C14H19N3S. The Morgan fingerprint density at radius 1 is 1.33 bits per heavy atom. The molecule has 0 fully saturated rings. The van der Waals surface area contributed by atoms with Gasteiger partial charge in [-0.15, -0.1) is 11.3 Å². The standard InChI is InChI=1S/C14H19N3S/c1-4-15-14-16-9-12(18-14)10-17(3)13-8-6-5-7-11(13)2/h5-9H,4,10H2,1-3H3,(H,15,16). The molecule has 3 nitrogen and oxygen atoms in total. The maximum Gasteiger partial charge on any atom is 0.182 e. The maximum absolute atomic E-state index is 4.36. The number of hydrogen-bond donors (Lipinski definition) is 1. The van der Waals surface area contributed by atoms with Gasteiger partial charge in [0.25, 0.3) is 0 Å². The number of aryl methyl sites for hydroxylation is 1. The normalized spacial score (nSPS) is 10.4. The van der Waals surface area contributed by atoms with Gasteiger partial charge in [-0.1, -0.05) is 18.2 Å². The number of aromatic nitrogens is 1. The molecule has 0 aliphatic carbocycles. The van der Waals surface area contributed by atoms with E-state index in [0.29, 0.717) is 0 Å². The minimum atomic E-state index is 0.897. The molecule has 0 unspecified atom stereocenters. The lowest BCUT2D eigenvalue weighted by Gasteiger charge is -2.20. The zero-order valence-electron chi connectivity index (χ0n) is 11.1. The van der Waals surface area contributed by atoms with Crippen LogP contribution >= 0.6 is 11.3 Å². The van der Waals surface area contributed by atoms with Gasteiger partial charge in [0.1, 0.15) is 0 Å². The van der Waals surface area contributed by atoms with E-state index >= 15 is 0 Å². The van der Waals surface area contributed by atoms with Crippen LogP contribution in [0.4, 0.5) is 10.8 Å². The quantitative estimate of drug-likeness (QED) is 0.892. The van der Waals surface area contributed by atoms with Crippen molar-refractivity contribution in [3.8, 4) is 0 Å². The fourth-order valence-corrected chi connectivity index (χ4v) is 2.86. The highest BCUT2D eigenvalue weighted by molar-refractivity contribution is 7.15. The molecule has 4 heteroatoms. The van der Waals surface area contributed by atoms with E-state index in [1.807, 2.05) is 6.20 Å². The minimum Gasteiger partial charge on any atom is -0.369 e. The molecule has 0 spiro atoms. The highest BCUT2D eigenvalue weighted by atomic mass is 32.1. The van der Waals surface area contributed by atoms with Crippen molar-refractivity contribution < 1.29 is 0 Å². The summed E-state index contributed by atoms with van der Waals surface area (Å²) >= 11 is 1.72. The molecule has 0 saturated carbocycles. The second kappa shape index (κ2) is 5.87. The predicted octanol–water partition coefficient (Wildman–Crippen LogP) is 3.52. The first kappa shape index (κ1) is 12.9. The van der Waals surface area contributed by atoms with Crippen LogP contribution in [-0.2, 0) is 6.54 Å². The van der Waals surface area contributed by atoms with Crippen molar-refractivity contribution in [2.45, 2.75) is 20.4 Å². The van der Waals surface area contributed by atoms with Crippen LogP contribution in [0.3, 0.4) is 0 Å². The summed E-state index contributed by atoms with van der Waals surface area (Å²) < 4.78 is 0. The monoisotopic (exact) mass is 261 g/mol. The number of hydrogen-bond acceptors (Lipinski definition) is 4. The van der Waals surface area contributed by atoms with Gasteiger partial charge in [0.15, 0.2) is 5.13 Å². The van der Waals surface area contributed by atoms with E-state index in [1.54, 1.807) is 11.3 Å². The van der Waals surface area contributed by atoms with Gasteiger partial charge >= 0.3 is 0 Å². The van der Waals surface area contributed by atoms with E-state index in [1.165, 1.54) is 16.1 Å². The lowest BCUT2D eigenvalue weighted by molar-refractivity contribution is 0.930. The summed E-state index contributed by atoms with van der Waals surface area (Å²) in [5.74, 6) is 0. The first-order valence-corrected chi connectivity index (χ1v) is 6.97. The molecule has 0 atom stereocenters. The van der Waals surface area contributed by atoms with Gasteiger partial charge in [0.05, 0.1) is 6.54 Å². The van der Waals surface area contributed by atoms with Crippen LogP contribution in [0.15, 0.2) is 30.5 Å². The zero-order chi connectivity index (χ0) is 13.0. The van der Waals surface area contributed by atoms with Crippen LogP contribution in [-0.4, -0.2) is 18.6 Å². The maximum atomic E-state index is 4.36. The summed E-state index contributed by atoms with van der Waals surface area (Å²) in [6, 6.07) is 8.45. The van der Waals surface area contributed by atoms with Crippen LogP contribution in [0.5, 0.6) is 0 Å². The number of benzene rings is 1. The Morgan fingerprint density at radius 3 is 2.83 bits per heavy atom. The fourth-order valence-electron chi connectivity index (χ4n) is 1.92. The summed E-state index contributed by atoms with van der Waals surface area (Å²) in [6.07, 6.45) is 1.96. The Balaban J connectivity index is 2.06. The molecule has 2 aromatic rings. The number of nitrogens with one attached hydrogen (secondary N) is 1. The summed E-state index contributed by atoms with van der Waals surface area (Å²) in [5, 5.41) is 4.25. The van der Waals surface area contributed by atoms with Crippen LogP contribution in [0, 0.1) is 6.92 Å². The van der Waals surface area contributed by atoms with Gasteiger partial charge < -0.3 is 10.2 Å². The summed E-state index contributed by atoms with van der Waals surface area (Å²) in [6.45, 7) is 6.04. The van der Waals surface area contributed by atoms with Gasteiger partial charge in [0, 0.05) is 30.4 Å². The molecule has 0 radical (unpaired) electrons. The van der Waals surface area contributed by atoms with Gasteiger partial charge in [-0.2, -0.15) is 0 Å². The van der Waals surface area contributed by atoms with Crippen molar-refractivity contribution in [3.05, 3.63) is 40.9 Å². The molecule has 0 amide bonds. The molecule has 0 aliphatic rings. The van der Waals surface area contributed by atoms with Crippen molar-refractivity contribution >= 4 is 22.2 Å². The largest absolute Gasteiger partial charge is 0.369 e. The van der Waals surface area contributed by atoms with Crippen LogP contribution in [0.25, 0.3) is 0 Å². The topological polar surface area (TPSA) is 28.2 Å². The number of para-hydroxylation sites is 1. The molecule has 0 bridgehead atoms. The predicted molar refractivity (Wildman–Crippen MR) is 79.6 cm³/mol. The Labute approximate surface area is 112 Å². The van der Waals surface area contributed by atoms with Crippen molar-refractivity contribution in [3.63, 3.8) is 0 Å². The molecule has 0 saturated heterocycles. The summed E-state index contributed by atoms with van der Waals surface area (Å²) in [5.41, 5.74) is 2.58. The van der Waals surface area contributed by atoms with Crippen LogP contribution in [0.2, 0.25) is 0 Å². The SMILES string of the molecule is CCNc1ncc(CN(C)c2ccccc2C)s1. The van der Waals surface area contributed by atoms with Crippen LogP contribution in [0.1, 0.15) is 17.4 Å². The van der Waals surface area contributed by atoms with E-state index in [4.69, 9.17) is 0 Å². The van der Waals surface area contributed by atoms with E-state index in [9.17, 15) is 0 Å². The van der Waals surface area contributed by atoms with E-state index < -0.39 is 0 Å².